The largest absolute Gasteiger partial charge is 0.445 e. The van der Waals surface area contributed by atoms with Crippen LogP contribution in [-0.4, -0.2) is 25.1 Å². The van der Waals surface area contributed by atoms with Crippen LogP contribution in [0, 0.1) is 0 Å². The number of nitrogens with zero attached hydrogens (tertiary/aromatic N) is 1. The van der Waals surface area contributed by atoms with Crippen molar-refractivity contribution < 1.29 is 9.53 Å². The van der Waals surface area contributed by atoms with Crippen LogP contribution in [0.3, 0.4) is 0 Å². The third-order valence-corrected chi connectivity index (χ3v) is 2.54. The molecule has 0 heterocycles. The van der Waals surface area contributed by atoms with Crippen molar-refractivity contribution in [2.45, 2.75) is 6.61 Å². The van der Waals surface area contributed by atoms with Crippen molar-refractivity contribution >= 4 is 16.9 Å². The van der Waals surface area contributed by atoms with Crippen LogP contribution in [0.2, 0.25) is 0 Å². The van der Waals surface area contributed by atoms with Gasteiger partial charge in [-0.05, 0) is 22.4 Å². The van der Waals surface area contributed by atoms with Gasteiger partial charge in [0.25, 0.3) is 0 Å². The highest BCUT2D eigenvalue weighted by atomic mass is 16.6. The molecular formula is C14H15NO2. The zero-order valence-corrected chi connectivity index (χ0v) is 10.0. The van der Waals surface area contributed by atoms with Gasteiger partial charge in [0, 0.05) is 14.1 Å². The summed E-state index contributed by atoms with van der Waals surface area (Å²) >= 11 is 0. The third-order valence-electron chi connectivity index (χ3n) is 2.54. The summed E-state index contributed by atoms with van der Waals surface area (Å²) in [7, 11) is 3.34. The molecule has 0 N–H and O–H groups in total. The maximum atomic E-state index is 11.3. The van der Waals surface area contributed by atoms with E-state index in [0.717, 1.165) is 10.9 Å². The first-order valence-electron chi connectivity index (χ1n) is 5.48. The lowest BCUT2D eigenvalue weighted by atomic mass is 10.1. The summed E-state index contributed by atoms with van der Waals surface area (Å²) in [6, 6.07) is 14.2. The van der Waals surface area contributed by atoms with Crippen molar-refractivity contribution in [3.63, 3.8) is 0 Å². The molecule has 1 amide bonds. The van der Waals surface area contributed by atoms with Crippen molar-refractivity contribution in [2.24, 2.45) is 0 Å². The van der Waals surface area contributed by atoms with Crippen LogP contribution in [0.1, 0.15) is 5.56 Å². The van der Waals surface area contributed by atoms with Crippen molar-refractivity contribution in [3.05, 3.63) is 48.0 Å². The van der Waals surface area contributed by atoms with E-state index >= 15 is 0 Å². The van der Waals surface area contributed by atoms with Gasteiger partial charge in [-0.3, -0.25) is 0 Å². The molecular weight excluding hydrogens is 214 g/mol. The number of benzene rings is 2. The molecule has 3 nitrogen and oxygen atoms in total. The normalized spacial score (nSPS) is 10.2. The van der Waals surface area contributed by atoms with Gasteiger partial charge in [-0.2, -0.15) is 0 Å². The second-order valence-corrected chi connectivity index (χ2v) is 4.13. The number of rotatable bonds is 2. The Bertz CT molecular complexity index is 534. The minimum absolute atomic E-state index is 0.307. The molecule has 0 atom stereocenters. The Balaban J connectivity index is 2.12. The van der Waals surface area contributed by atoms with Gasteiger partial charge < -0.3 is 9.64 Å². The van der Waals surface area contributed by atoms with E-state index in [1.807, 2.05) is 36.4 Å². The molecule has 0 bridgehead atoms. The van der Waals surface area contributed by atoms with Crippen LogP contribution >= 0.6 is 0 Å². The molecule has 0 saturated heterocycles. The van der Waals surface area contributed by atoms with Crippen LogP contribution in [0.5, 0.6) is 0 Å². The zero-order valence-electron chi connectivity index (χ0n) is 10.0. The van der Waals surface area contributed by atoms with Gasteiger partial charge in [0.1, 0.15) is 6.61 Å². The lowest BCUT2D eigenvalue weighted by molar-refractivity contribution is 0.112. The van der Waals surface area contributed by atoms with Gasteiger partial charge >= 0.3 is 6.09 Å². The van der Waals surface area contributed by atoms with Crippen LogP contribution in [0.25, 0.3) is 10.8 Å². The third kappa shape index (κ3) is 2.75. The van der Waals surface area contributed by atoms with E-state index in [2.05, 4.69) is 6.07 Å². The van der Waals surface area contributed by atoms with E-state index in [9.17, 15) is 4.79 Å². The van der Waals surface area contributed by atoms with Gasteiger partial charge in [-0.1, -0.05) is 36.4 Å². The summed E-state index contributed by atoms with van der Waals surface area (Å²) < 4.78 is 5.13. The molecule has 3 heteroatoms. The van der Waals surface area contributed by atoms with E-state index in [1.54, 1.807) is 14.1 Å². The van der Waals surface area contributed by atoms with Gasteiger partial charge in [0.05, 0.1) is 0 Å². The molecule has 0 saturated carbocycles. The summed E-state index contributed by atoms with van der Waals surface area (Å²) in [6.07, 6.45) is -0.321. The van der Waals surface area contributed by atoms with Gasteiger partial charge in [-0.15, -0.1) is 0 Å². The Labute approximate surface area is 101 Å². The molecule has 0 spiro atoms. The van der Waals surface area contributed by atoms with Crippen LogP contribution in [0.4, 0.5) is 4.79 Å². The smallest absolute Gasteiger partial charge is 0.409 e. The molecule has 0 aromatic heterocycles. The molecule has 0 unspecified atom stereocenters. The van der Waals surface area contributed by atoms with E-state index in [0.29, 0.717) is 6.61 Å². The fourth-order valence-electron chi connectivity index (χ4n) is 1.60. The van der Waals surface area contributed by atoms with E-state index < -0.39 is 0 Å². The topological polar surface area (TPSA) is 29.5 Å². The van der Waals surface area contributed by atoms with E-state index in [4.69, 9.17) is 4.74 Å². The molecule has 0 radical (unpaired) electrons. The quantitative estimate of drug-likeness (QED) is 0.792. The lowest BCUT2D eigenvalue weighted by Crippen LogP contribution is -2.22. The second kappa shape index (κ2) is 4.87. The predicted octanol–water partition coefficient (Wildman–Crippen LogP) is 3.04. The van der Waals surface area contributed by atoms with Gasteiger partial charge in [-0.25, -0.2) is 4.79 Å². The standard InChI is InChI=1S/C14H15NO2/c1-15(2)14(16)17-10-11-7-8-12-5-3-4-6-13(12)9-11/h3-9H,10H2,1-2H3. The first-order chi connectivity index (χ1) is 8.16. The number of fused-ring (bicyclic) bond motifs is 1. The Kier molecular flexibility index (Phi) is 3.28. The van der Waals surface area contributed by atoms with Crippen molar-refractivity contribution in [1.82, 2.24) is 4.90 Å². The van der Waals surface area contributed by atoms with Crippen molar-refractivity contribution in [2.75, 3.05) is 14.1 Å². The number of hydrogen-bond acceptors (Lipinski definition) is 2. The van der Waals surface area contributed by atoms with Crippen LogP contribution in [-0.2, 0) is 11.3 Å². The van der Waals surface area contributed by atoms with Crippen LogP contribution in [0.15, 0.2) is 42.5 Å². The fraction of sp³-hybridized carbons (Fsp3) is 0.214. The molecule has 2 aromatic rings. The lowest BCUT2D eigenvalue weighted by Gasteiger charge is -2.11. The molecule has 88 valence electrons. The zero-order chi connectivity index (χ0) is 12.3. The number of ether oxygens (including phenoxy) is 1. The Morgan fingerprint density at radius 1 is 1.12 bits per heavy atom. The molecule has 0 aliphatic carbocycles. The van der Waals surface area contributed by atoms with Crippen molar-refractivity contribution in [1.29, 1.82) is 0 Å². The van der Waals surface area contributed by atoms with E-state index in [-0.39, 0.29) is 6.09 Å². The Hall–Kier alpha value is -2.03. The molecule has 2 rings (SSSR count). The summed E-state index contributed by atoms with van der Waals surface area (Å²) in [5, 5.41) is 2.35. The minimum Gasteiger partial charge on any atom is -0.445 e. The highest BCUT2D eigenvalue weighted by molar-refractivity contribution is 5.83. The first kappa shape index (κ1) is 11.5. The summed E-state index contributed by atoms with van der Waals surface area (Å²) in [4.78, 5) is 12.7. The Morgan fingerprint density at radius 2 is 1.82 bits per heavy atom. The maximum Gasteiger partial charge on any atom is 0.409 e. The monoisotopic (exact) mass is 229 g/mol. The number of carbonyl (C=O) groups excluding carboxylic acids is 1. The average Bonchev–Trinajstić information content (AvgIpc) is 2.35. The second-order valence-electron chi connectivity index (χ2n) is 4.13. The minimum atomic E-state index is -0.321. The molecule has 2 aromatic carbocycles. The van der Waals surface area contributed by atoms with Gasteiger partial charge in [0.2, 0.25) is 0 Å². The molecule has 0 aliphatic rings. The summed E-state index contributed by atoms with van der Waals surface area (Å²) in [5.74, 6) is 0. The highest BCUT2D eigenvalue weighted by Gasteiger charge is 2.04. The first-order valence-corrected chi connectivity index (χ1v) is 5.48. The van der Waals surface area contributed by atoms with Crippen molar-refractivity contribution in [3.8, 4) is 0 Å². The summed E-state index contributed by atoms with van der Waals surface area (Å²) in [6.45, 7) is 0.307. The Morgan fingerprint density at radius 3 is 2.53 bits per heavy atom. The predicted molar refractivity (Wildman–Crippen MR) is 67.8 cm³/mol. The fourth-order valence-corrected chi connectivity index (χ4v) is 1.60. The average molecular weight is 229 g/mol. The highest BCUT2D eigenvalue weighted by Crippen LogP contribution is 2.16. The number of carbonyl (C=O) groups is 1. The number of amides is 1. The maximum absolute atomic E-state index is 11.3. The van der Waals surface area contributed by atoms with Gasteiger partial charge in [0.15, 0.2) is 0 Å². The van der Waals surface area contributed by atoms with E-state index in [1.165, 1.54) is 10.3 Å². The van der Waals surface area contributed by atoms with Crippen LogP contribution < -0.4 is 0 Å². The number of hydrogen-bond donors (Lipinski definition) is 0. The molecule has 0 fully saturated rings. The summed E-state index contributed by atoms with van der Waals surface area (Å²) in [5.41, 5.74) is 0.999. The molecule has 17 heavy (non-hydrogen) atoms. The SMILES string of the molecule is CN(C)C(=O)OCc1ccc2ccccc2c1. The molecule has 0 aliphatic heterocycles.